The zero-order chi connectivity index (χ0) is 15.7. The van der Waals surface area contributed by atoms with Crippen molar-refractivity contribution in [1.29, 1.82) is 0 Å². The van der Waals surface area contributed by atoms with Crippen LogP contribution in [0.4, 0.5) is 0 Å². The lowest BCUT2D eigenvalue weighted by atomic mass is 9.93. The quantitative estimate of drug-likeness (QED) is 0.125. The molecule has 134 valence electrons. The fourth-order valence-electron chi connectivity index (χ4n) is 0.370. The fourth-order valence-corrected chi connectivity index (χ4v) is 0.932. The molecule has 0 rings (SSSR count). The molecular weight excluding hydrogens is 344 g/mol. The first-order valence-corrected chi connectivity index (χ1v) is 6.94. The summed E-state index contributed by atoms with van der Waals surface area (Å²) in [5.74, 6) is 0. The summed E-state index contributed by atoms with van der Waals surface area (Å²) in [6.45, 7) is -1.62. The average Bonchev–Trinajstić information content (AvgIpc) is 2.30. The first-order valence-electron chi connectivity index (χ1n) is 4.21. The summed E-state index contributed by atoms with van der Waals surface area (Å²) in [4.78, 5) is 0. The van der Waals surface area contributed by atoms with Gasteiger partial charge in [-0.3, -0.25) is 9.11 Å². The van der Waals surface area contributed by atoms with Gasteiger partial charge in [0.15, 0.2) is 0 Å². The van der Waals surface area contributed by atoms with Crippen LogP contribution in [0.25, 0.3) is 0 Å². The summed E-state index contributed by atoms with van der Waals surface area (Å²) in [7, 11) is -10.0. The number of aliphatic hydroxyl groups excluding tert-OH is 4. The van der Waals surface area contributed by atoms with Gasteiger partial charge in [-0.05, 0) is 0 Å². The molecule has 21 heavy (non-hydrogen) atoms. The zero-order valence-corrected chi connectivity index (χ0v) is 12.3. The number of rotatable bonds is 7. The number of hydrogen-bond acceptors (Lipinski definition) is 12. The molecule has 0 aliphatic rings. The van der Waals surface area contributed by atoms with E-state index in [1.807, 2.05) is 0 Å². The Kier molecular flexibility index (Phi) is 16.5. The molecule has 0 aromatic carbocycles. The van der Waals surface area contributed by atoms with E-state index in [9.17, 15) is 16.8 Å². The minimum Gasteiger partial charge on any atom is -0.396 e. The molecule has 0 radical (unpaired) electrons. The van der Waals surface area contributed by atoms with Gasteiger partial charge in [-0.15, -0.1) is 0 Å². The van der Waals surface area contributed by atoms with Crippen LogP contribution in [-0.2, 0) is 29.5 Å². The predicted molar refractivity (Wildman–Crippen MR) is 66.1 cm³/mol. The van der Waals surface area contributed by atoms with Crippen molar-refractivity contribution >= 4 is 20.8 Å². The third-order valence-corrected chi connectivity index (χ3v) is 2.11. The minimum absolute atomic E-state index is 0. The molecule has 0 unspecified atom stereocenters. The Balaban J connectivity index is -0.000000126. The third-order valence-electron chi connectivity index (χ3n) is 1.54. The van der Waals surface area contributed by atoms with E-state index in [0.717, 1.165) is 0 Å². The summed E-state index contributed by atoms with van der Waals surface area (Å²) >= 11 is 0. The van der Waals surface area contributed by atoms with E-state index in [-0.39, 0.29) is 12.3 Å². The highest BCUT2D eigenvalue weighted by Gasteiger charge is 2.26. The van der Waals surface area contributed by atoms with Gasteiger partial charge in [0.05, 0.1) is 31.8 Å². The van der Waals surface area contributed by atoms with Crippen molar-refractivity contribution < 1.29 is 55.0 Å². The smallest absolute Gasteiger partial charge is 0.396 e. The highest BCUT2D eigenvalue weighted by Crippen LogP contribution is 2.11. The van der Waals surface area contributed by atoms with Crippen LogP contribution in [0.15, 0.2) is 0 Å². The van der Waals surface area contributed by atoms with E-state index in [0.29, 0.717) is 0 Å². The monoisotopic (exact) mass is 364 g/mol. The lowest BCUT2D eigenvalue weighted by molar-refractivity contribution is -0.105. The molecule has 0 saturated carbocycles. The maximum absolute atomic E-state index is 9.51. The van der Waals surface area contributed by atoms with Crippen molar-refractivity contribution in [1.82, 2.24) is 12.3 Å². The lowest BCUT2D eigenvalue weighted by Crippen LogP contribution is -2.37. The maximum Gasteiger partial charge on any atom is 0.425 e. The number of hydrogen-bond donors (Lipinski definition) is 8. The van der Waals surface area contributed by atoms with Crippen LogP contribution in [0.2, 0.25) is 0 Å². The summed E-state index contributed by atoms with van der Waals surface area (Å²) in [6, 6.07) is 0. The molecule has 0 aliphatic carbocycles. The fraction of sp³-hybridized carbons (Fsp3) is 1.00. The van der Waals surface area contributed by atoms with E-state index in [1.165, 1.54) is 0 Å². The van der Waals surface area contributed by atoms with Gasteiger partial charge >= 0.3 is 20.8 Å². The molecule has 0 atom stereocenters. The maximum atomic E-state index is 9.51. The largest absolute Gasteiger partial charge is 0.425 e. The Morgan fingerprint density at radius 1 is 0.667 bits per heavy atom. The summed E-state index contributed by atoms with van der Waals surface area (Å²) in [5, 5.41) is 34.0. The third kappa shape index (κ3) is 17.4. The van der Waals surface area contributed by atoms with Crippen molar-refractivity contribution in [3.63, 3.8) is 0 Å². The Bertz CT molecular complexity index is 379. The van der Waals surface area contributed by atoms with E-state index in [4.69, 9.17) is 29.5 Å². The highest BCUT2D eigenvalue weighted by atomic mass is 32.3. The molecule has 0 bridgehead atoms. The molecule has 0 aromatic rings. The Labute approximate surface area is 120 Å². The number of aliphatic hydroxyl groups is 4. The molecule has 0 aliphatic heterocycles. The van der Waals surface area contributed by atoms with Crippen LogP contribution in [0.1, 0.15) is 0 Å². The van der Waals surface area contributed by atoms with Gasteiger partial charge < -0.3 is 32.7 Å². The normalized spacial score (nSPS) is 11.5. The molecule has 0 amide bonds. The topological polar surface area (TPSA) is 278 Å². The minimum atomic E-state index is -5.02. The van der Waals surface area contributed by atoms with Crippen LogP contribution in [-0.4, -0.2) is 72.8 Å². The first kappa shape index (κ1) is 28.6. The highest BCUT2D eigenvalue weighted by molar-refractivity contribution is 7.83. The van der Waals surface area contributed by atoms with E-state index >= 15 is 0 Å². The predicted octanol–water partition coefficient (Wildman–Crippen LogP) is -3.19. The molecule has 0 fully saturated rings. The van der Waals surface area contributed by atoms with Gasteiger partial charge in [0, 0.05) is 0 Å². The SMILES string of the molecule is N.N.O=S(=O)(O)OOS(=O)(=O)O.OCC(CO)(CO)CO. The summed E-state index contributed by atoms with van der Waals surface area (Å²) < 4.78 is 58.9. The second kappa shape index (κ2) is 12.1. The van der Waals surface area contributed by atoms with E-state index in [1.54, 1.807) is 0 Å². The summed E-state index contributed by atoms with van der Waals surface area (Å²) in [6.07, 6.45) is 0. The van der Waals surface area contributed by atoms with Crippen LogP contribution < -0.4 is 12.3 Å². The van der Waals surface area contributed by atoms with Crippen molar-refractivity contribution in [3.8, 4) is 0 Å². The molecule has 12 N–H and O–H groups in total. The van der Waals surface area contributed by atoms with Crippen molar-refractivity contribution in [2.75, 3.05) is 26.4 Å². The van der Waals surface area contributed by atoms with Gasteiger partial charge in [-0.25, -0.2) is 0 Å². The second-order valence-corrected chi connectivity index (χ2v) is 5.11. The average molecular weight is 364 g/mol. The van der Waals surface area contributed by atoms with Crippen molar-refractivity contribution in [2.24, 2.45) is 5.41 Å². The molecule has 0 saturated heterocycles. The molecule has 14 nitrogen and oxygen atoms in total. The van der Waals surface area contributed by atoms with E-state index in [2.05, 4.69) is 8.67 Å². The molecule has 0 spiro atoms. The molecular formula is C5H20N2O12S2. The van der Waals surface area contributed by atoms with Crippen LogP contribution in [0.5, 0.6) is 0 Å². The Hall–Kier alpha value is -0.500. The second-order valence-electron chi connectivity index (χ2n) is 3.12. The van der Waals surface area contributed by atoms with Gasteiger partial charge in [0.2, 0.25) is 0 Å². The Morgan fingerprint density at radius 2 is 0.857 bits per heavy atom. The molecule has 0 heterocycles. The van der Waals surface area contributed by atoms with E-state index < -0.39 is 52.6 Å². The Morgan fingerprint density at radius 3 is 0.905 bits per heavy atom. The van der Waals surface area contributed by atoms with Gasteiger partial charge in [-0.2, -0.15) is 16.8 Å². The van der Waals surface area contributed by atoms with Crippen molar-refractivity contribution in [3.05, 3.63) is 0 Å². The van der Waals surface area contributed by atoms with Gasteiger partial charge in [0.1, 0.15) is 0 Å². The zero-order valence-electron chi connectivity index (χ0n) is 10.7. The van der Waals surface area contributed by atoms with Crippen LogP contribution in [0.3, 0.4) is 0 Å². The van der Waals surface area contributed by atoms with Gasteiger partial charge in [0.25, 0.3) is 0 Å². The standard InChI is InChI=1S/C5H12O4.2H3N.H2O8S2/c6-1-5(2-7,3-8)4-9;;;1-9(2,3)7-8-10(4,5)6/h6-9H,1-4H2;2*1H3;(H,1,2,3)(H,4,5,6). The molecule has 16 heteroatoms. The van der Waals surface area contributed by atoms with Crippen molar-refractivity contribution in [2.45, 2.75) is 0 Å². The van der Waals surface area contributed by atoms with Crippen LogP contribution >= 0.6 is 0 Å². The molecule has 0 aromatic heterocycles. The first-order chi connectivity index (χ1) is 8.45. The summed E-state index contributed by atoms with van der Waals surface area (Å²) in [5.41, 5.74) is -1.11. The van der Waals surface area contributed by atoms with Gasteiger partial charge in [-0.1, -0.05) is 8.67 Å². The van der Waals surface area contributed by atoms with Crippen LogP contribution in [0, 0.1) is 5.41 Å². The lowest BCUT2D eigenvalue weighted by Gasteiger charge is -2.23.